The highest BCUT2D eigenvalue weighted by Crippen LogP contribution is 2.42. The Morgan fingerprint density at radius 1 is 0.884 bits per heavy atom. The van der Waals surface area contributed by atoms with Crippen molar-refractivity contribution in [1.29, 1.82) is 0 Å². The monoisotopic (exact) mass is 596 g/mol. The number of esters is 1. The molecule has 3 N–H and O–H groups in total. The van der Waals surface area contributed by atoms with Crippen LogP contribution in [0.25, 0.3) is 16.6 Å². The average molecular weight is 597 g/mol. The fraction of sp³-hybridized carbons (Fsp3) is 0.400. The van der Waals surface area contributed by atoms with Gasteiger partial charge in [-0.1, -0.05) is 12.1 Å². The number of para-hydroxylation sites is 1. The molecular formula is C30H32N2O11. The van der Waals surface area contributed by atoms with Crippen LogP contribution in [0.1, 0.15) is 37.6 Å². The maximum absolute atomic E-state index is 13.3. The molecule has 228 valence electrons. The summed E-state index contributed by atoms with van der Waals surface area (Å²) in [7, 11) is 0. The second kappa shape index (κ2) is 13.0. The number of aliphatic carboxylic acids is 3. The van der Waals surface area contributed by atoms with Crippen molar-refractivity contribution in [3.8, 4) is 11.4 Å². The molecule has 1 aromatic heterocycles. The second-order valence-electron chi connectivity index (χ2n) is 10.5. The van der Waals surface area contributed by atoms with Crippen molar-refractivity contribution >= 4 is 34.8 Å². The van der Waals surface area contributed by atoms with Gasteiger partial charge in [0, 0.05) is 25.2 Å². The summed E-state index contributed by atoms with van der Waals surface area (Å²) >= 11 is 0. The fourth-order valence-corrected chi connectivity index (χ4v) is 5.66. The molecule has 2 aromatic carbocycles. The van der Waals surface area contributed by atoms with Crippen molar-refractivity contribution < 1.29 is 48.7 Å². The van der Waals surface area contributed by atoms with Crippen LogP contribution in [0.2, 0.25) is 0 Å². The minimum Gasteiger partial charge on any atom is -0.481 e. The maximum atomic E-state index is 13.3. The van der Waals surface area contributed by atoms with Gasteiger partial charge in [-0.25, -0.2) is 4.98 Å². The zero-order chi connectivity index (χ0) is 31.4. The number of carbonyl (C=O) groups is 4. The molecule has 3 aromatic rings. The van der Waals surface area contributed by atoms with Gasteiger partial charge in [0.2, 0.25) is 6.29 Å². The summed E-state index contributed by atoms with van der Waals surface area (Å²) in [5.41, 5.74) is 1.72. The molecule has 0 aliphatic carbocycles. The molecule has 13 heteroatoms. The quantitative estimate of drug-likeness (QED) is 0.275. The maximum Gasteiger partial charge on any atom is 0.303 e. The number of aromatic nitrogens is 2. The number of aryl methyl sites for hydroxylation is 2. The first-order valence-corrected chi connectivity index (χ1v) is 13.6. The van der Waals surface area contributed by atoms with Crippen LogP contribution in [0.5, 0.6) is 5.75 Å². The van der Waals surface area contributed by atoms with Crippen molar-refractivity contribution in [2.45, 2.75) is 52.4 Å². The Labute approximate surface area is 245 Å². The smallest absolute Gasteiger partial charge is 0.303 e. The highest BCUT2D eigenvalue weighted by atomic mass is 16.7. The highest BCUT2D eigenvalue weighted by Gasteiger charge is 2.49. The van der Waals surface area contributed by atoms with E-state index in [0.29, 0.717) is 22.4 Å². The Hall–Kier alpha value is -4.78. The number of nitrogens with zero attached hydrogens (tertiary/aromatic N) is 2. The van der Waals surface area contributed by atoms with Gasteiger partial charge in [0.05, 0.1) is 35.5 Å². The van der Waals surface area contributed by atoms with Crippen LogP contribution in [0.15, 0.2) is 47.3 Å². The predicted octanol–water partition coefficient (Wildman–Crippen LogP) is 2.94. The highest BCUT2D eigenvalue weighted by molar-refractivity contribution is 5.81. The van der Waals surface area contributed by atoms with Gasteiger partial charge in [-0.2, -0.15) is 0 Å². The Bertz CT molecular complexity index is 1600. The molecule has 1 aliphatic rings. The third-order valence-electron chi connectivity index (χ3n) is 7.53. The summed E-state index contributed by atoms with van der Waals surface area (Å²) in [5.74, 6) is -6.74. The summed E-state index contributed by atoms with van der Waals surface area (Å²) in [6, 6.07) is 11.7. The first-order chi connectivity index (χ1) is 20.3. The minimum absolute atomic E-state index is 0.219. The third kappa shape index (κ3) is 7.17. The zero-order valence-corrected chi connectivity index (χ0v) is 23.8. The summed E-state index contributed by atoms with van der Waals surface area (Å²) in [5, 5.41) is 29.2. The molecule has 1 saturated heterocycles. The van der Waals surface area contributed by atoms with E-state index in [-0.39, 0.29) is 17.9 Å². The number of fused-ring (bicyclic) bond motifs is 1. The lowest BCUT2D eigenvalue weighted by molar-refractivity contribution is -0.237. The van der Waals surface area contributed by atoms with E-state index < -0.39 is 73.3 Å². The molecule has 0 amide bonds. The van der Waals surface area contributed by atoms with Crippen molar-refractivity contribution in [3.05, 3.63) is 64.2 Å². The van der Waals surface area contributed by atoms with Crippen LogP contribution >= 0.6 is 0 Å². The standard InChI is InChI=1S/C30H32N2O11/c1-15-5-4-6-20-28(15)31-16(2)32(29(20)40)18-7-9-19(10-8-18)42-30-23(13-27(38)39)21(11-25(34)35)22(12-26(36)37)24(43-30)14-41-17(3)33/h4-10,21-24,30H,11-14H2,1-3H3,(H,34,35)(H,36,37)(H,38,39)/t21-,22+,23+,24-,30-/m1/s1. The number of ether oxygens (including phenoxy) is 3. The van der Waals surface area contributed by atoms with Gasteiger partial charge >= 0.3 is 23.9 Å². The molecule has 5 atom stereocenters. The number of carbonyl (C=O) groups excluding carboxylic acids is 1. The summed E-state index contributed by atoms with van der Waals surface area (Å²) in [4.78, 5) is 64.7. The second-order valence-corrected chi connectivity index (χ2v) is 10.5. The molecule has 4 rings (SSSR count). The molecule has 43 heavy (non-hydrogen) atoms. The molecule has 1 aliphatic heterocycles. The van der Waals surface area contributed by atoms with Gasteiger partial charge in [-0.15, -0.1) is 0 Å². The zero-order valence-electron chi connectivity index (χ0n) is 23.8. The third-order valence-corrected chi connectivity index (χ3v) is 7.53. The normalized spacial score (nSPS) is 21.7. The van der Waals surface area contributed by atoms with Crippen molar-refractivity contribution in [2.24, 2.45) is 17.8 Å². The molecule has 2 heterocycles. The molecule has 0 bridgehead atoms. The van der Waals surface area contributed by atoms with Crippen LogP contribution < -0.4 is 10.3 Å². The SMILES string of the molecule is CC(=O)OC[C@H]1O[C@@H](Oc2ccc(-n3c(C)nc4c(C)cccc4c3=O)cc2)[C@@H](CC(=O)O)[C@H](CC(=O)O)[C@@H]1CC(=O)O. The van der Waals surface area contributed by atoms with Gasteiger partial charge in [0.15, 0.2) is 0 Å². The van der Waals surface area contributed by atoms with Crippen molar-refractivity contribution in [2.75, 3.05) is 6.61 Å². The molecule has 0 unspecified atom stereocenters. The topological polar surface area (TPSA) is 192 Å². The Morgan fingerprint density at radius 2 is 1.49 bits per heavy atom. The summed E-state index contributed by atoms with van der Waals surface area (Å²) in [6.45, 7) is 4.37. The van der Waals surface area contributed by atoms with E-state index in [9.17, 15) is 39.3 Å². The Morgan fingerprint density at radius 3 is 2.09 bits per heavy atom. The van der Waals surface area contributed by atoms with Gasteiger partial charge < -0.3 is 29.5 Å². The average Bonchev–Trinajstić information content (AvgIpc) is 2.92. The lowest BCUT2D eigenvalue weighted by Crippen LogP contribution is -2.53. The van der Waals surface area contributed by atoms with Crippen LogP contribution in [0.3, 0.4) is 0 Å². The van der Waals surface area contributed by atoms with E-state index in [1.807, 2.05) is 13.0 Å². The number of hydrogen-bond donors (Lipinski definition) is 3. The summed E-state index contributed by atoms with van der Waals surface area (Å²) < 4.78 is 18.6. The van der Waals surface area contributed by atoms with E-state index >= 15 is 0 Å². The lowest BCUT2D eigenvalue weighted by atomic mass is 9.71. The van der Waals surface area contributed by atoms with Crippen molar-refractivity contribution in [3.63, 3.8) is 0 Å². The largest absolute Gasteiger partial charge is 0.481 e. The summed E-state index contributed by atoms with van der Waals surface area (Å²) in [6.07, 6.45) is -4.03. The molecule has 1 fully saturated rings. The molecular weight excluding hydrogens is 564 g/mol. The number of rotatable bonds is 11. The Kier molecular flexibility index (Phi) is 9.44. The lowest BCUT2D eigenvalue weighted by Gasteiger charge is -2.45. The van der Waals surface area contributed by atoms with E-state index in [2.05, 4.69) is 4.98 Å². The van der Waals surface area contributed by atoms with E-state index in [1.165, 1.54) is 4.57 Å². The Balaban J connectivity index is 1.68. The van der Waals surface area contributed by atoms with Crippen LogP contribution in [-0.2, 0) is 28.7 Å². The molecule has 0 saturated carbocycles. The van der Waals surface area contributed by atoms with Crippen LogP contribution in [0.4, 0.5) is 0 Å². The fourth-order valence-electron chi connectivity index (χ4n) is 5.66. The van der Waals surface area contributed by atoms with Gasteiger partial charge in [0.25, 0.3) is 5.56 Å². The first-order valence-electron chi connectivity index (χ1n) is 13.6. The number of carboxylic acid groups (broad SMARTS) is 3. The number of hydrogen-bond acceptors (Lipinski definition) is 9. The van der Waals surface area contributed by atoms with Gasteiger partial charge in [0.1, 0.15) is 18.2 Å². The first kappa shape index (κ1) is 31.2. The number of benzene rings is 2. The molecule has 0 radical (unpaired) electrons. The predicted molar refractivity (Wildman–Crippen MR) is 150 cm³/mol. The van der Waals surface area contributed by atoms with Gasteiger partial charge in [-0.05, 0) is 55.7 Å². The number of carboxylic acids is 3. The van der Waals surface area contributed by atoms with E-state index in [4.69, 9.17) is 14.2 Å². The van der Waals surface area contributed by atoms with Crippen LogP contribution in [-0.4, -0.2) is 67.7 Å². The van der Waals surface area contributed by atoms with E-state index in [1.54, 1.807) is 43.3 Å². The molecule has 0 spiro atoms. The van der Waals surface area contributed by atoms with Crippen molar-refractivity contribution in [1.82, 2.24) is 9.55 Å². The van der Waals surface area contributed by atoms with Crippen LogP contribution in [0, 0.1) is 31.6 Å². The minimum atomic E-state index is -1.31. The van der Waals surface area contributed by atoms with E-state index in [0.717, 1.165) is 12.5 Å². The van der Waals surface area contributed by atoms with Gasteiger partial charge in [-0.3, -0.25) is 28.5 Å². The molecule has 13 nitrogen and oxygen atoms in total.